The molecule has 0 saturated carbocycles. The van der Waals surface area contributed by atoms with E-state index in [1.165, 1.54) is 6.92 Å². The summed E-state index contributed by atoms with van der Waals surface area (Å²) in [5, 5.41) is 27.7. The maximum absolute atomic E-state index is 13.5. The van der Waals surface area contributed by atoms with Gasteiger partial charge < -0.3 is 42.6 Å². The molecule has 0 spiro atoms. The number of unbranched alkanes of at least 4 members (excludes halogenated alkanes) is 1. The van der Waals surface area contributed by atoms with Gasteiger partial charge in [-0.3, -0.25) is 14.4 Å². The van der Waals surface area contributed by atoms with Crippen molar-refractivity contribution in [3.63, 3.8) is 0 Å². The van der Waals surface area contributed by atoms with Crippen LogP contribution in [-0.2, 0) is 25.6 Å². The van der Waals surface area contributed by atoms with Gasteiger partial charge in [-0.2, -0.15) is 0 Å². The number of hydrogen-bond donors (Lipinski definition) is 8. The summed E-state index contributed by atoms with van der Waals surface area (Å²) >= 11 is 0. The lowest BCUT2D eigenvalue weighted by molar-refractivity contribution is -0.145. The lowest BCUT2D eigenvalue weighted by Crippen LogP contribution is -2.58. The number of aromatic nitrogens is 1. The van der Waals surface area contributed by atoms with Crippen LogP contribution in [0.5, 0.6) is 0 Å². The van der Waals surface area contributed by atoms with E-state index in [1.54, 1.807) is 6.20 Å². The van der Waals surface area contributed by atoms with E-state index < -0.39 is 54.0 Å². The zero-order valence-electron chi connectivity index (χ0n) is 22.8. The molecular formula is C27H42N6O6. The molecule has 0 aliphatic rings. The van der Waals surface area contributed by atoms with Gasteiger partial charge in [0.05, 0.1) is 12.1 Å². The summed E-state index contributed by atoms with van der Waals surface area (Å²) in [4.78, 5) is 54.1. The third-order valence-electron chi connectivity index (χ3n) is 6.42. The Morgan fingerprint density at radius 2 is 1.59 bits per heavy atom. The Morgan fingerprint density at radius 3 is 2.21 bits per heavy atom. The molecule has 0 fully saturated rings. The van der Waals surface area contributed by atoms with Gasteiger partial charge >= 0.3 is 5.97 Å². The summed E-state index contributed by atoms with van der Waals surface area (Å²) in [7, 11) is 0. The maximum atomic E-state index is 13.5. The summed E-state index contributed by atoms with van der Waals surface area (Å²) < 4.78 is 0. The second kappa shape index (κ2) is 15.2. The number of amides is 3. The molecule has 2 aromatic rings. The number of carbonyl (C=O) groups is 4. The van der Waals surface area contributed by atoms with Crippen LogP contribution in [0.4, 0.5) is 0 Å². The first kappa shape index (κ1) is 31.7. The lowest BCUT2D eigenvalue weighted by Gasteiger charge is -2.26. The Morgan fingerprint density at radius 1 is 0.949 bits per heavy atom. The van der Waals surface area contributed by atoms with E-state index in [-0.39, 0.29) is 18.8 Å². The van der Waals surface area contributed by atoms with Crippen molar-refractivity contribution in [3.05, 3.63) is 36.0 Å². The van der Waals surface area contributed by atoms with Crippen molar-refractivity contribution in [2.75, 3.05) is 6.54 Å². The highest BCUT2D eigenvalue weighted by atomic mass is 16.4. The first-order chi connectivity index (χ1) is 18.4. The van der Waals surface area contributed by atoms with E-state index in [0.29, 0.717) is 19.4 Å². The third-order valence-corrected chi connectivity index (χ3v) is 6.42. The molecule has 3 amide bonds. The molecule has 0 radical (unpaired) electrons. The first-order valence-corrected chi connectivity index (χ1v) is 13.3. The minimum Gasteiger partial charge on any atom is -0.480 e. The Labute approximate surface area is 228 Å². The number of H-pyrrole nitrogens is 1. The second-order valence-corrected chi connectivity index (χ2v) is 10.3. The molecule has 39 heavy (non-hydrogen) atoms. The largest absolute Gasteiger partial charge is 0.480 e. The molecule has 0 aliphatic heterocycles. The monoisotopic (exact) mass is 546 g/mol. The summed E-state index contributed by atoms with van der Waals surface area (Å²) in [5.74, 6) is -3.31. The molecule has 2 rings (SSSR count). The fourth-order valence-corrected chi connectivity index (χ4v) is 4.27. The van der Waals surface area contributed by atoms with Crippen LogP contribution in [0.15, 0.2) is 30.5 Å². The van der Waals surface area contributed by atoms with Gasteiger partial charge in [0.25, 0.3) is 0 Å². The van der Waals surface area contributed by atoms with Crippen molar-refractivity contribution in [3.8, 4) is 0 Å². The molecule has 0 bridgehead atoms. The maximum Gasteiger partial charge on any atom is 0.328 e. The van der Waals surface area contributed by atoms with Crippen LogP contribution in [0.2, 0.25) is 0 Å². The normalized spacial score (nSPS) is 15.3. The van der Waals surface area contributed by atoms with Crippen LogP contribution < -0.4 is 27.4 Å². The quantitative estimate of drug-likeness (QED) is 0.135. The van der Waals surface area contributed by atoms with E-state index in [2.05, 4.69) is 20.9 Å². The number of fused-ring (bicyclic) bond motifs is 1. The van der Waals surface area contributed by atoms with Crippen LogP contribution in [0.25, 0.3) is 10.9 Å². The Bertz CT molecular complexity index is 1120. The number of aliphatic hydroxyl groups is 1. The zero-order valence-corrected chi connectivity index (χ0v) is 22.8. The highest BCUT2D eigenvalue weighted by Crippen LogP contribution is 2.19. The average molecular weight is 547 g/mol. The average Bonchev–Trinajstić information content (AvgIpc) is 3.28. The Hall–Kier alpha value is -3.48. The SMILES string of the molecule is CC(C)CC(NC(=O)C(Cc1c[nH]c2ccccc12)NC(=O)C(N)CCCCN)C(=O)NC(C(=O)O)C(C)O. The van der Waals surface area contributed by atoms with Gasteiger partial charge in [0, 0.05) is 23.5 Å². The van der Waals surface area contributed by atoms with Gasteiger partial charge in [0.15, 0.2) is 6.04 Å². The number of benzene rings is 1. The van der Waals surface area contributed by atoms with Crippen molar-refractivity contribution in [2.45, 2.75) is 83.1 Å². The van der Waals surface area contributed by atoms with E-state index in [0.717, 1.165) is 22.9 Å². The molecule has 1 aromatic heterocycles. The van der Waals surface area contributed by atoms with Crippen LogP contribution >= 0.6 is 0 Å². The predicted octanol–water partition coefficient (Wildman–Crippen LogP) is 0.133. The first-order valence-electron chi connectivity index (χ1n) is 13.3. The topological polar surface area (TPSA) is 213 Å². The Kier molecular flexibility index (Phi) is 12.4. The summed E-state index contributed by atoms with van der Waals surface area (Å²) in [6.07, 6.45) is 2.52. The van der Waals surface area contributed by atoms with E-state index in [1.807, 2.05) is 38.1 Å². The van der Waals surface area contributed by atoms with Gasteiger partial charge in [-0.05, 0) is 50.3 Å². The molecule has 0 aliphatic carbocycles. The number of para-hydroxylation sites is 1. The van der Waals surface area contributed by atoms with Crippen molar-refractivity contribution in [1.82, 2.24) is 20.9 Å². The number of aliphatic hydroxyl groups excluding tert-OH is 1. The fraction of sp³-hybridized carbons (Fsp3) is 0.556. The van der Waals surface area contributed by atoms with Crippen LogP contribution in [-0.4, -0.2) is 75.7 Å². The molecule has 216 valence electrons. The predicted molar refractivity (Wildman–Crippen MR) is 147 cm³/mol. The molecule has 1 aromatic carbocycles. The molecule has 1 heterocycles. The summed E-state index contributed by atoms with van der Waals surface area (Å²) in [6.45, 7) is 5.43. The summed E-state index contributed by atoms with van der Waals surface area (Å²) in [5.41, 5.74) is 13.2. The number of nitrogens with one attached hydrogen (secondary N) is 4. The van der Waals surface area contributed by atoms with Crippen molar-refractivity contribution in [2.24, 2.45) is 17.4 Å². The molecule has 12 nitrogen and oxygen atoms in total. The van der Waals surface area contributed by atoms with Gasteiger partial charge in [-0.15, -0.1) is 0 Å². The van der Waals surface area contributed by atoms with E-state index >= 15 is 0 Å². The minimum atomic E-state index is -1.54. The molecule has 10 N–H and O–H groups in total. The zero-order chi connectivity index (χ0) is 29.1. The minimum absolute atomic E-state index is 0.0338. The number of nitrogens with two attached hydrogens (primary N) is 2. The third kappa shape index (κ3) is 9.65. The fourth-order valence-electron chi connectivity index (χ4n) is 4.27. The number of aliphatic carboxylic acids is 1. The standard InChI is InChI=1S/C27H42N6O6/c1-15(2)12-21(26(37)33-23(16(3)34)27(38)39)32-25(36)22(31-24(35)19(29)9-6-7-11-28)13-17-14-30-20-10-5-4-8-18(17)20/h4-5,8,10,14-16,19,21-23,30,34H,6-7,9,11-13,28-29H2,1-3H3,(H,31,35)(H,32,36)(H,33,37)(H,38,39). The lowest BCUT2D eigenvalue weighted by atomic mass is 10.00. The molecule has 5 unspecified atom stereocenters. The number of carboxylic acids is 1. The number of carbonyl (C=O) groups excluding carboxylic acids is 3. The number of rotatable bonds is 16. The van der Waals surface area contributed by atoms with Gasteiger partial charge in [0.2, 0.25) is 17.7 Å². The smallest absolute Gasteiger partial charge is 0.328 e. The number of hydrogen-bond acceptors (Lipinski definition) is 7. The molecule has 0 saturated heterocycles. The highest BCUT2D eigenvalue weighted by Gasteiger charge is 2.32. The molecule has 12 heteroatoms. The number of carboxylic acid groups (broad SMARTS) is 1. The Balaban J connectivity index is 2.28. The van der Waals surface area contributed by atoms with Crippen LogP contribution in [0.1, 0.15) is 52.0 Å². The van der Waals surface area contributed by atoms with Gasteiger partial charge in [-0.25, -0.2) is 4.79 Å². The van der Waals surface area contributed by atoms with Gasteiger partial charge in [-0.1, -0.05) is 38.5 Å². The van der Waals surface area contributed by atoms with E-state index in [9.17, 15) is 29.4 Å². The van der Waals surface area contributed by atoms with E-state index in [4.69, 9.17) is 11.5 Å². The molecule has 5 atom stereocenters. The van der Waals surface area contributed by atoms with Crippen molar-refractivity contribution < 1.29 is 29.4 Å². The van der Waals surface area contributed by atoms with Crippen molar-refractivity contribution >= 4 is 34.6 Å². The highest BCUT2D eigenvalue weighted by molar-refractivity contribution is 5.95. The van der Waals surface area contributed by atoms with Crippen LogP contribution in [0.3, 0.4) is 0 Å². The van der Waals surface area contributed by atoms with Crippen molar-refractivity contribution in [1.29, 1.82) is 0 Å². The van der Waals surface area contributed by atoms with Gasteiger partial charge in [0.1, 0.15) is 12.1 Å². The second-order valence-electron chi connectivity index (χ2n) is 10.3. The van der Waals surface area contributed by atoms with Crippen LogP contribution in [0, 0.1) is 5.92 Å². The summed E-state index contributed by atoms with van der Waals surface area (Å²) in [6, 6.07) is 2.99. The number of aromatic amines is 1. The molecular weight excluding hydrogens is 504 g/mol.